The summed E-state index contributed by atoms with van der Waals surface area (Å²) in [5.74, 6) is 1.01. The fourth-order valence-corrected chi connectivity index (χ4v) is 2.22. The van der Waals surface area contributed by atoms with Crippen LogP contribution in [0.15, 0.2) is 18.2 Å². The van der Waals surface area contributed by atoms with Crippen molar-refractivity contribution in [3.8, 4) is 5.75 Å². The third-order valence-corrected chi connectivity index (χ3v) is 3.06. The molecule has 96 valence electrons. The largest absolute Gasteiger partial charge is 0.494 e. The summed E-state index contributed by atoms with van der Waals surface area (Å²) in [6, 6.07) is 5.07. The SMILES string of the molecule is CCOc1ccc(F)c(C2CCNCC2)c1.Cl. The lowest BCUT2D eigenvalue weighted by Crippen LogP contribution is -2.27. The molecule has 0 bridgehead atoms. The van der Waals surface area contributed by atoms with Gasteiger partial charge in [-0.05, 0) is 62.5 Å². The zero-order valence-corrected chi connectivity index (χ0v) is 10.9. The summed E-state index contributed by atoms with van der Waals surface area (Å²) in [7, 11) is 0. The van der Waals surface area contributed by atoms with Crippen molar-refractivity contribution < 1.29 is 9.13 Å². The third-order valence-electron chi connectivity index (χ3n) is 3.06. The first-order valence-electron chi connectivity index (χ1n) is 5.94. The topological polar surface area (TPSA) is 21.3 Å². The van der Waals surface area contributed by atoms with Crippen LogP contribution >= 0.6 is 12.4 Å². The number of nitrogens with one attached hydrogen (secondary N) is 1. The smallest absolute Gasteiger partial charge is 0.126 e. The highest BCUT2D eigenvalue weighted by molar-refractivity contribution is 5.85. The molecule has 0 aromatic heterocycles. The number of halogens is 2. The second-order valence-corrected chi connectivity index (χ2v) is 4.14. The molecule has 0 aliphatic carbocycles. The van der Waals surface area contributed by atoms with Crippen molar-refractivity contribution in [2.45, 2.75) is 25.7 Å². The highest BCUT2D eigenvalue weighted by Crippen LogP contribution is 2.30. The van der Waals surface area contributed by atoms with Crippen LogP contribution in [-0.4, -0.2) is 19.7 Å². The summed E-state index contributed by atoms with van der Waals surface area (Å²) < 4.78 is 19.1. The molecule has 1 heterocycles. The van der Waals surface area contributed by atoms with Gasteiger partial charge in [0.05, 0.1) is 6.61 Å². The summed E-state index contributed by atoms with van der Waals surface area (Å²) in [6.45, 7) is 4.51. The fraction of sp³-hybridized carbons (Fsp3) is 0.538. The van der Waals surface area contributed by atoms with Crippen molar-refractivity contribution in [3.63, 3.8) is 0 Å². The van der Waals surface area contributed by atoms with Gasteiger partial charge in [0, 0.05) is 0 Å². The second-order valence-electron chi connectivity index (χ2n) is 4.14. The normalized spacial score (nSPS) is 16.4. The van der Waals surface area contributed by atoms with E-state index in [1.807, 2.05) is 13.0 Å². The van der Waals surface area contributed by atoms with Gasteiger partial charge >= 0.3 is 0 Å². The zero-order valence-electron chi connectivity index (χ0n) is 10.0. The van der Waals surface area contributed by atoms with E-state index in [0.717, 1.165) is 37.2 Å². The Morgan fingerprint density at radius 3 is 2.71 bits per heavy atom. The Kier molecular flexibility index (Phi) is 5.72. The Hall–Kier alpha value is -0.800. The lowest BCUT2D eigenvalue weighted by Gasteiger charge is -2.23. The van der Waals surface area contributed by atoms with Gasteiger partial charge in [-0.1, -0.05) is 0 Å². The first-order chi connectivity index (χ1) is 7.81. The second kappa shape index (κ2) is 6.82. The van der Waals surface area contributed by atoms with E-state index in [2.05, 4.69) is 5.32 Å². The van der Waals surface area contributed by atoms with Gasteiger partial charge in [-0.3, -0.25) is 0 Å². The Morgan fingerprint density at radius 2 is 2.06 bits per heavy atom. The van der Waals surface area contributed by atoms with E-state index in [-0.39, 0.29) is 18.2 Å². The van der Waals surface area contributed by atoms with Crippen molar-refractivity contribution in [1.82, 2.24) is 5.32 Å². The molecule has 0 radical (unpaired) electrons. The van der Waals surface area contributed by atoms with Gasteiger partial charge in [0.1, 0.15) is 11.6 Å². The van der Waals surface area contributed by atoms with Crippen molar-refractivity contribution >= 4 is 12.4 Å². The van der Waals surface area contributed by atoms with Crippen LogP contribution in [-0.2, 0) is 0 Å². The molecule has 1 aromatic rings. The first-order valence-corrected chi connectivity index (χ1v) is 5.94. The van der Waals surface area contributed by atoms with Crippen molar-refractivity contribution in [2.24, 2.45) is 0 Å². The maximum absolute atomic E-state index is 13.7. The Labute approximate surface area is 108 Å². The fourth-order valence-electron chi connectivity index (χ4n) is 2.22. The molecule has 0 saturated carbocycles. The highest BCUT2D eigenvalue weighted by atomic mass is 35.5. The van der Waals surface area contributed by atoms with E-state index in [1.54, 1.807) is 6.07 Å². The standard InChI is InChI=1S/C13H18FNO.ClH/c1-2-16-11-3-4-13(14)12(9-11)10-5-7-15-8-6-10;/h3-4,9-10,15H,2,5-8H2,1H3;1H. The van der Waals surface area contributed by atoms with E-state index in [0.29, 0.717) is 12.5 Å². The number of benzene rings is 1. The Balaban J connectivity index is 0.00000144. The van der Waals surface area contributed by atoms with E-state index in [1.165, 1.54) is 6.07 Å². The molecular weight excluding hydrogens is 241 g/mol. The quantitative estimate of drug-likeness (QED) is 0.901. The zero-order chi connectivity index (χ0) is 11.4. The monoisotopic (exact) mass is 259 g/mol. The van der Waals surface area contributed by atoms with Gasteiger partial charge in [0.25, 0.3) is 0 Å². The molecule has 2 nitrogen and oxygen atoms in total. The van der Waals surface area contributed by atoms with E-state index in [4.69, 9.17) is 4.74 Å². The molecule has 0 unspecified atom stereocenters. The molecule has 1 fully saturated rings. The minimum Gasteiger partial charge on any atom is -0.494 e. The first kappa shape index (κ1) is 14.3. The highest BCUT2D eigenvalue weighted by Gasteiger charge is 2.19. The number of piperidine rings is 1. The van der Waals surface area contributed by atoms with Gasteiger partial charge in [-0.25, -0.2) is 4.39 Å². The average molecular weight is 260 g/mol. The number of hydrogen-bond donors (Lipinski definition) is 1. The Bertz CT molecular complexity index is 353. The van der Waals surface area contributed by atoms with Crippen LogP contribution in [0.25, 0.3) is 0 Å². The molecule has 1 aromatic carbocycles. The summed E-state index contributed by atoms with van der Waals surface area (Å²) in [5, 5.41) is 3.29. The van der Waals surface area contributed by atoms with Crippen LogP contribution in [0, 0.1) is 5.82 Å². The van der Waals surface area contributed by atoms with Gasteiger partial charge in [-0.15, -0.1) is 12.4 Å². The van der Waals surface area contributed by atoms with Crippen LogP contribution in [0.4, 0.5) is 4.39 Å². The van der Waals surface area contributed by atoms with Crippen LogP contribution in [0.2, 0.25) is 0 Å². The molecular formula is C13H19ClFNO. The predicted molar refractivity (Wildman–Crippen MR) is 69.7 cm³/mol. The van der Waals surface area contributed by atoms with Gasteiger partial charge in [0.2, 0.25) is 0 Å². The van der Waals surface area contributed by atoms with Crippen molar-refractivity contribution in [1.29, 1.82) is 0 Å². The lowest BCUT2D eigenvalue weighted by molar-refractivity contribution is 0.338. The lowest BCUT2D eigenvalue weighted by atomic mass is 9.90. The summed E-state index contributed by atoms with van der Waals surface area (Å²) in [4.78, 5) is 0. The maximum Gasteiger partial charge on any atom is 0.126 e. The van der Waals surface area contributed by atoms with Crippen LogP contribution in [0.5, 0.6) is 5.75 Å². The number of hydrogen-bond acceptors (Lipinski definition) is 2. The minimum absolute atomic E-state index is 0. The molecule has 1 aliphatic rings. The molecule has 4 heteroatoms. The van der Waals surface area contributed by atoms with E-state index < -0.39 is 0 Å². The van der Waals surface area contributed by atoms with Crippen LogP contribution in [0.1, 0.15) is 31.2 Å². The minimum atomic E-state index is -0.102. The van der Waals surface area contributed by atoms with Gasteiger partial charge < -0.3 is 10.1 Å². The molecule has 17 heavy (non-hydrogen) atoms. The van der Waals surface area contributed by atoms with Crippen LogP contribution in [0.3, 0.4) is 0 Å². The number of rotatable bonds is 3. The predicted octanol–water partition coefficient (Wildman–Crippen LogP) is 3.11. The van der Waals surface area contributed by atoms with Gasteiger partial charge in [0.15, 0.2) is 0 Å². The summed E-state index contributed by atoms with van der Waals surface area (Å²) >= 11 is 0. The van der Waals surface area contributed by atoms with Crippen molar-refractivity contribution in [3.05, 3.63) is 29.6 Å². The molecule has 1 aliphatic heterocycles. The molecule has 1 N–H and O–H groups in total. The molecule has 0 amide bonds. The van der Waals surface area contributed by atoms with Gasteiger partial charge in [-0.2, -0.15) is 0 Å². The number of ether oxygens (including phenoxy) is 1. The molecule has 0 spiro atoms. The van der Waals surface area contributed by atoms with Crippen LogP contribution < -0.4 is 10.1 Å². The molecule has 0 atom stereocenters. The maximum atomic E-state index is 13.7. The summed E-state index contributed by atoms with van der Waals surface area (Å²) in [5.41, 5.74) is 0.812. The summed E-state index contributed by atoms with van der Waals surface area (Å²) in [6.07, 6.45) is 2.01. The van der Waals surface area contributed by atoms with Crippen molar-refractivity contribution in [2.75, 3.05) is 19.7 Å². The average Bonchev–Trinajstić information content (AvgIpc) is 2.33. The molecule has 1 saturated heterocycles. The third kappa shape index (κ3) is 3.58. The van der Waals surface area contributed by atoms with E-state index >= 15 is 0 Å². The molecule has 2 rings (SSSR count). The van der Waals surface area contributed by atoms with E-state index in [9.17, 15) is 4.39 Å². The Morgan fingerprint density at radius 1 is 1.35 bits per heavy atom.